The zero-order chi connectivity index (χ0) is 18.9. The Morgan fingerprint density at radius 3 is 2.67 bits per heavy atom. The summed E-state index contributed by atoms with van der Waals surface area (Å²) in [7, 11) is 2.14. The van der Waals surface area contributed by atoms with Crippen molar-refractivity contribution in [3.05, 3.63) is 12.3 Å². The molecule has 1 aromatic rings. The summed E-state index contributed by atoms with van der Waals surface area (Å²) < 4.78 is 6.84. The maximum absolute atomic E-state index is 12.6. The Kier molecular flexibility index (Phi) is 5.05. The fraction of sp³-hybridized carbons (Fsp3) is 0.722. The maximum Gasteiger partial charge on any atom is 0.323 e. The van der Waals surface area contributed by atoms with Crippen LogP contribution in [0.5, 0.6) is 0 Å². The molecule has 0 aliphatic carbocycles. The van der Waals surface area contributed by atoms with Crippen LogP contribution in [0.1, 0.15) is 12.8 Å². The number of carbonyl (C=O) groups excluding carboxylic acids is 2. The lowest BCUT2D eigenvalue weighted by Crippen LogP contribution is -2.42. The lowest BCUT2D eigenvalue weighted by molar-refractivity contribution is -0.136. The van der Waals surface area contributed by atoms with Crippen LogP contribution >= 0.6 is 0 Å². The zero-order valence-corrected chi connectivity index (χ0v) is 15.9. The predicted molar refractivity (Wildman–Crippen MR) is 99.4 cm³/mol. The Bertz CT molecular complexity index is 701. The van der Waals surface area contributed by atoms with Crippen molar-refractivity contribution < 1.29 is 14.3 Å². The van der Waals surface area contributed by atoms with Crippen LogP contribution in [0.25, 0.3) is 0 Å². The highest BCUT2D eigenvalue weighted by atomic mass is 16.5. The molecule has 1 N–H and O–H groups in total. The van der Waals surface area contributed by atoms with Crippen molar-refractivity contribution in [2.45, 2.75) is 19.4 Å². The Balaban J connectivity index is 1.29. The van der Waals surface area contributed by atoms with Crippen LogP contribution in [0.15, 0.2) is 12.3 Å². The van der Waals surface area contributed by atoms with Gasteiger partial charge in [-0.05, 0) is 26.4 Å². The summed E-state index contributed by atoms with van der Waals surface area (Å²) in [4.78, 5) is 30.9. The molecule has 9 heteroatoms. The van der Waals surface area contributed by atoms with Crippen molar-refractivity contribution in [1.82, 2.24) is 24.5 Å². The number of morpholine rings is 1. The molecule has 148 valence electrons. The van der Waals surface area contributed by atoms with Gasteiger partial charge in [0.15, 0.2) is 5.82 Å². The molecule has 0 saturated carbocycles. The molecule has 4 rings (SSSR count). The topological polar surface area (TPSA) is 82.9 Å². The van der Waals surface area contributed by atoms with E-state index >= 15 is 0 Å². The van der Waals surface area contributed by atoms with E-state index in [0.29, 0.717) is 32.1 Å². The Morgan fingerprint density at radius 1 is 1.15 bits per heavy atom. The smallest absolute Gasteiger partial charge is 0.323 e. The van der Waals surface area contributed by atoms with E-state index in [1.54, 1.807) is 21.8 Å². The largest absolute Gasteiger partial charge is 0.378 e. The molecule has 4 heterocycles. The maximum atomic E-state index is 12.6. The average molecular weight is 376 g/mol. The van der Waals surface area contributed by atoms with Crippen LogP contribution in [0.2, 0.25) is 0 Å². The second-order valence-corrected chi connectivity index (χ2v) is 7.98. The minimum Gasteiger partial charge on any atom is -0.378 e. The number of rotatable bonds is 3. The van der Waals surface area contributed by atoms with E-state index in [-0.39, 0.29) is 23.9 Å². The summed E-state index contributed by atoms with van der Waals surface area (Å²) in [6.07, 6.45) is 3.95. The second-order valence-electron chi connectivity index (χ2n) is 7.98. The first kappa shape index (κ1) is 18.2. The molecular weight excluding hydrogens is 348 g/mol. The second kappa shape index (κ2) is 7.47. The number of carbonyl (C=O) groups is 2. The van der Waals surface area contributed by atoms with Gasteiger partial charge in [-0.1, -0.05) is 0 Å². The van der Waals surface area contributed by atoms with Gasteiger partial charge in [-0.25, -0.2) is 4.79 Å². The van der Waals surface area contributed by atoms with Crippen molar-refractivity contribution in [3.8, 4) is 0 Å². The molecule has 9 nitrogen and oxygen atoms in total. The van der Waals surface area contributed by atoms with Crippen LogP contribution < -0.4 is 5.32 Å². The van der Waals surface area contributed by atoms with E-state index in [9.17, 15) is 9.59 Å². The Hall–Kier alpha value is -2.13. The van der Waals surface area contributed by atoms with Gasteiger partial charge in [0.1, 0.15) is 6.54 Å². The van der Waals surface area contributed by atoms with E-state index in [0.717, 1.165) is 39.0 Å². The summed E-state index contributed by atoms with van der Waals surface area (Å²) in [6.45, 7) is 6.35. The molecule has 27 heavy (non-hydrogen) atoms. The predicted octanol–water partition coefficient (Wildman–Crippen LogP) is 0.301. The normalized spacial score (nSPS) is 26.1. The molecule has 3 amide bonds. The lowest BCUT2D eigenvalue weighted by Gasteiger charge is -2.26. The van der Waals surface area contributed by atoms with E-state index in [2.05, 4.69) is 22.4 Å². The van der Waals surface area contributed by atoms with Crippen molar-refractivity contribution in [3.63, 3.8) is 0 Å². The lowest BCUT2D eigenvalue weighted by atomic mass is 9.86. The number of urea groups is 1. The third-order valence-electron chi connectivity index (χ3n) is 5.89. The highest BCUT2D eigenvalue weighted by molar-refractivity contribution is 5.88. The quantitative estimate of drug-likeness (QED) is 0.821. The van der Waals surface area contributed by atoms with Gasteiger partial charge >= 0.3 is 6.03 Å². The van der Waals surface area contributed by atoms with Crippen LogP contribution in [0.3, 0.4) is 0 Å². The molecule has 0 radical (unpaired) electrons. The first-order chi connectivity index (χ1) is 13.0. The summed E-state index contributed by atoms with van der Waals surface area (Å²) in [5.41, 5.74) is 0.260. The van der Waals surface area contributed by atoms with Crippen LogP contribution in [0, 0.1) is 5.41 Å². The van der Waals surface area contributed by atoms with Gasteiger partial charge in [0.25, 0.3) is 0 Å². The van der Waals surface area contributed by atoms with Gasteiger partial charge in [0.2, 0.25) is 5.91 Å². The molecule has 0 bridgehead atoms. The number of nitrogens with one attached hydrogen (secondary N) is 1. The van der Waals surface area contributed by atoms with Gasteiger partial charge in [-0.3, -0.25) is 14.8 Å². The molecule has 3 fully saturated rings. The Morgan fingerprint density at radius 2 is 1.93 bits per heavy atom. The molecule has 0 aromatic carbocycles. The zero-order valence-electron chi connectivity index (χ0n) is 15.9. The monoisotopic (exact) mass is 376 g/mol. The number of anilines is 1. The van der Waals surface area contributed by atoms with Gasteiger partial charge in [-0.2, -0.15) is 5.10 Å². The highest BCUT2D eigenvalue weighted by Gasteiger charge is 2.43. The minimum atomic E-state index is -0.105. The molecule has 1 aromatic heterocycles. The molecule has 1 unspecified atom stereocenters. The molecule has 3 aliphatic rings. The molecular formula is C18H28N6O3. The molecule has 3 aliphatic heterocycles. The number of hydrogen-bond donors (Lipinski definition) is 1. The summed E-state index contributed by atoms with van der Waals surface area (Å²) >= 11 is 0. The van der Waals surface area contributed by atoms with Gasteiger partial charge in [0, 0.05) is 50.4 Å². The van der Waals surface area contributed by atoms with Gasteiger partial charge in [0.05, 0.1) is 13.2 Å². The van der Waals surface area contributed by atoms with Crippen LogP contribution in [-0.4, -0.2) is 95.9 Å². The number of nitrogens with zero attached hydrogens (tertiary/aromatic N) is 5. The van der Waals surface area contributed by atoms with E-state index < -0.39 is 0 Å². The molecule has 1 spiro atoms. The van der Waals surface area contributed by atoms with Gasteiger partial charge in [-0.15, -0.1) is 0 Å². The van der Waals surface area contributed by atoms with Crippen molar-refractivity contribution in [2.24, 2.45) is 5.41 Å². The Labute approximate surface area is 159 Å². The fourth-order valence-electron chi connectivity index (χ4n) is 4.36. The van der Waals surface area contributed by atoms with E-state index in [1.165, 1.54) is 0 Å². The van der Waals surface area contributed by atoms with Crippen molar-refractivity contribution in [2.75, 3.05) is 64.8 Å². The first-order valence-electron chi connectivity index (χ1n) is 9.67. The highest BCUT2D eigenvalue weighted by Crippen LogP contribution is 2.38. The SMILES string of the molecule is CN1CCC2(CCN(C(=O)Nc3ccn(CC(=O)N4CCOCC4)n3)C2)C1. The number of hydrogen-bond acceptors (Lipinski definition) is 5. The standard InChI is InChI=1S/C18H28N6O3/c1-21-6-3-18(13-21)4-7-23(14-18)17(26)19-15-2-5-24(20-15)12-16(25)22-8-10-27-11-9-22/h2,5H,3-4,6-14H2,1H3,(H,19,20,26). The number of aromatic nitrogens is 2. The third-order valence-corrected chi connectivity index (χ3v) is 5.89. The van der Waals surface area contributed by atoms with Crippen LogP contribution in [0.4, 0.5) is 10.6 Å². The number of likely N-dealkylation sites (tertiary alicyclic amines) is 2. The summed E-state index contributed by atoms with van der Waals surface area (Å²) in [5.74, 6) is 0.505. The number of ether oxygens (including phenoxy) is 1. The van der Waals surface area contributed by atoms with Crippen molar-refractivity contribution >= 4 is 17.8 Å². The van der Waals surface area contributed by atoms with E-state index in [1.807, 2.05) is 4.90 Å². The average Bonchev–Trinajstić information content (AvgIpc) is 3.37. The molecule has 1 atom stereocenters. The van der Waals surface area contributed by atoms with Crippen LogP contribution in [-0.2, 0) is 16.1 Å². The first-order valence-corrected chi connectivity index (χ1v) is 9.67. The summed E-state index contributed by atoms with van der Waals surface area (Å²) in [5, 5.41) is 7.20. The molecule has 3 saturated heterocycles. The van der Waals surface area contributed by atoms with Gasteiger partial charge < -0.3 is 19.4 Å². The fourth-order valence-corrected chi connectivity index (χ4v) is 4.36. The summed E-state index contributed by atoms with van der Waals surface area (Å²) in [6, 6.07) is 1.63. The van der Waals surface area contributed by atoms with E-state index in [4.69, 9.17) is 4.74 Å². The minimum absolute atomic E-state index is 0.0196. The third kappa shape index (κ3) is 4.08. The van der Waals surface area contributed by atoms with Crippen molar-refractivity contribution in [1.29, 1.82) is 0 Å². The number of amides is 3.